The Balaban J connectivity index is 2.69. The summed E-state index contributed by atoms with van der Waals surface area (Å²) in [6.45, 7) is 7.75. The third-order valence-corrected chi connectivity index (χ3v) is 3.99. The fraction of sp³-hybridized carbons (Fsp3) is 0.545. The predicted octanol–water partition coefficient (Wildman–Crippen LogP) is 2.85. The number of nitrogens with one attached hydrogen (secondary N) is 1. The number of hydrogen-bond acceptors (Lipinski definition) is 2. The molecule has 0 radical (unpaired) electrons. The second kappa shape index (κ2) is 5.25. The van der Waals surface area contributed by atoms with Gasteiger partial charge in [0.2, 0.25) is 0 Å². The summed E-state index contributed by atoms with van der Waals surface area (Å²) < 4.78 is 14.6. The molecule has 1 heterocycles. The first kappa shape index (κ1) is 13.6. The summed E-state index contributed by atoms with van der Waals surface area (Å²) in [6.07, 6.45) is 1.69. The second-order valence-corrected chi connectivity index (χ2v) is 7.02. The lowest BCUT2D eigenvalue weighted by molar-refractivity contribution is 0.615. The Hall–Kier alpha value is -0.450. The van der Waals surface area contributed by atoms with Crippen LogP contribution in [0.5, 0.6) is 0 Å². The van der Waals surface area contributed by atoms with Crippen molar-refractivity contribution in [1.82, 2.24) is 9.71 Å². The van der Waals surface area contributed by atoms with Gasteiger partial charge in [-0.1, -0.05) is 17.7 Å². The number of hydrogen-bond donors (Lipinski definition) is 1. The lowest BCUT2D eigenvalue weighted by atomic mass is 10.2. The fourth-order valence-corrected chi connectivity index (χ4v) is 1.97. The zero-order valence-corrected chi connectivity index (χ0v) is 11.5. The van der Waals surface area contributed by atoms with Crippen LogP contribution in [0, 0.1) is 0 Å². The number of pyridine rings is 1. The number of aromatic nitrogens is 1. The van der Waals surface area contributed by atoms with Crippen molar-refractivity contribution >= 4 is 22.6 Å². The molecule has 1 rings (SSSR count). The van der Waals surface area contributed by atoms with Crippen molar-refractivity contribution < 1.29 is 4.21 Å². The Labute approximate surface area is 104 Å². The smallest absolute Gasteiger partial charge is 0.129 e. The van der Waals surface area contributed by atoms with Crippen molar-refractivity contribution in [3.63, 3.8) is 0 Å². The molecule has 1 aromatic rings. The maximum atomic E-state index is 11.9. The van der Waals surface area contributed by atoms with Crippen molar-refractivity contribution in [2.45, 2.75) is 38.5 Å². The molecule has 0 aromatic carbocycles. The van der Waals surface area contributed by atoms with Gasteiger partial charge in [0, 0.05) is 12.2 Å². The Bertz CT molecular complexity index is 373. The van der Waals surface area contributed by atoms with Gasteiger partial charge in [-0.2, -0.15) is 0 Å². The van der Waals surface area contributed by atoms with Crippen LogP contribution >= 0.6 is 11.6 Å². The summed E-state index contributed by atoms with van der Waals surface area (Å²) in [5.74, 6) is 0. The molecule has 0 spiro atoms. The van der Waals surface area contributed by atoms with Crippen LogP contribution in [0.2, 0.25) is 5.15 Å². The Kier molecular flexibility index (Phi) is 4.47. The molecule has 0 aliphatic heterocycles. The molecule has 0 aliphatic carbocycles. The highest BCUT2D eigenvalue weighted by molar-refractivity contribution is 7.84. The molecule has 0 saturated heterocycles. The zero-order chi connectivity index (χ0) is 12.3. The van der Waals surface area contributed by atoms with Gasteiger partial charge >= 0.3 is 0 Å². The Morgan fingerprint density at radius 2 is 2.06 bits per heavy atom. The van der Waals surface area contributed by atoms with E-state index in [0.717, 1.165) is 5.56 Å². The van der Waals surface area contributed by atoms with Crippen molar-refractivity contribution in [2.75, 3.05) is 0 Å². The van der Waals surface area contributed by atoms with Crippen molar-refractivity contribution in [2.24, 2.45) is 0 Å². The van der Waals surface area contributed by atoms with Crippen LogP contribution in [0.1, 0.15) is 39.3 Å². The fourth-order valence-electron chi connectivity index (χ4n) is 1.05. The van der Waals surface area contributed by atoms with E-state index >= 15 is 0 Å². The van der Waals surface area contributed by atoms with Gasteiger partial charge in [-0.15, -0.1) is 0 Å². The van der Waals surface area contributed by atoms with Gasteiger partial charge in [-0.3, -0.25) is 0 Å². The molecule has 0 fully saturated rings. The normalized spacial score (nSPS) is 15.8. The van der Waals surface area contributed by atoms with Crippen LogP contribution in [0.15, 0.2) is 18.3 Å². The van der Waals surface area contributed by atoms with Gasteiger partial charge in [-0.05, 0) is 39.3 Å². The first-order chi connectivity index (χ1) is 7.30. The monoisotopic (exact) mass is 260 g/mol. The van der Waals surface area contributed by atoms with Crippen LogP contribution < -0.4 is 4.72 Å². The molecular weight excluding hydrogens is 244 g/mol. The summed E-state index contributed by atoms with van der Waals surface area (Å²) in [5.41, 5.74) is 0.974. The molecule has 1 unspecified atom stereocenters. The summed E-state index contributed by atoms with van der Waals surface area (Å²) in [4.78, 5) is 4.00. The summed E-state index contributed by atoms with van der Waals surface area (Å²) in [5, 5.41) is 0.466. The summed E-state index contributed by atoms with van der Waals surface area (Å²) in [7, 11) is -1.08. The van der Waals surface area contributed by atoms with Crippen molar-refractivity contribution in [3.8, 4) is 0 Å². The number of rotatable bonds is 3. The third kappa shape index (κ3) is 3.85. The van der Waals surface area contributed by atoms with E-state index in [0.29, 0.717) is 5.15 Å². The van der Waals surface area contributed by atoms with Crippen LogP contribution in [0.3, 0.4) is 0 Å². The van der Waals surface area contributed by atoms with E-state index in [2.05, 4.69) is 9.71 Å². The van der Waals surface area contributed by atoms with Crippen LogP contribution in [0.25, 0.3) is 0 Å². The van der Waals surface area contributed by atoms with Gasteiger partial charge < -0.3 is 0 Å². The molecule has 0 bridgehead atoms. The van der Waals surface area contributed by atoms with E-state index < -0.39 is 11.0 Å². The minimum atomic E-state index is -1.08. The molecule has 5 heteroatoms. The standard InChI is InChI=1S/C11H17ClN2OS/c1-8(14-16(15)11(2,3)4)9-5-6-10(12)13-7-9/h5-8,14H,1-4H3/t8-,16?/m1/s1. The lowest BCUT2D eigenvalue weighted by Crippen LogP contribution is -2.34. The van der Waals surface area contributed by atoms with Crippen molar-refractivity contribution in [1.29, 1.82) is 0 Å². The minimum Gasteiger partial charge on any atom is -0.244 e. The molecule has 1 N–H and O–H groups in total. The van der Waals surface area contributed by atoms with E-state index in [1.165, 1.54) is 0 Å². The third-order valence-electron chi connectivity index (χ3n) is 2.09. The van der Waals surface area contributed by atoms with Crippen LogP contribution in [0.4, 0.5) is 0 Å². The van der Waals surface area contributed by atoms with E-state index in [-0.39, 0.29) is 10.8 Å². The molecule has 1 aromatic heterocycles. The summed E-state index contributed by atoms with van der Waals surface area (Å²) >= 11 is 5.70. The van der Waals surface area contributed by atoms with Gasteiger partial charge in [0.15, 0.2) is 0 Å². The molecule has 0 saturated carbocycles. The molecule has 3 nitrogen and oxygen atoms in total. The highest BCUT2D eigenvalue weighted by atomic mass is 35.5. The predicted molar refractivity (Wildman–Crippen MR) is 68.7 cm³/mol. The SMILES string of the molecule is C[C@@H](NS(=O)C(C)(C)C)c1ccc(Cl)nc1. The quantitative estimate of drug-likeness (QED) is 0.850. The van der Waals surface area contributed by atoms with E-state index in [1.807, 2.05) is 33.8 Å². The van der Waals surface area contributed by atoms with Crippen LogP contribution in [-0.2, 0) is 11.0 Å². The van der Waals surface area contributed by atoms with Gasteiger partial charge in [0.05, 0.1) is 15.7 Å². The van der Waals surface area contributed by atoms with Gasteiger partial charge in [0.1, 0.15) is 5.15 Å². The zero-order valence-electron chi connectivity index (χ0n) is 9.95. The Morgan fingerprint density at radius 3 is 2.50 bits per heavy atom. The average Bonchev–Trinajstić information content (AvgIpc) is 2.17. The molecule has 2 atom stereocenters. The molecule has 0 amide bonds. The Morgan fingerprint density at radius 1 is 1.44 bits per heavy atom. The largest absolute Gasteiger partial charge is 0.244 e. The molecule has 0 aliphatic rings. The molecule has 90 valence electrons. The number of nitrogens with zero attached hydrogens (tertiary/aromatic N) is 1. The summed E-state index contributed by atoms with van der Waals surface area (Å²) in [6, 6.07) is 3.60. The topological polar surface area (TPSA) is 42.0 Å². The lowest BCUT2D eigenvalue weighted by Gasteiger charge is -2.21. The average molecular weight is 261 g/mol. The van der Waals surface area contributed by atoms with E-state index in [4.69, 9.17) is 11.6 Å². The molecular formula is C11H17ClN2OS. The second-order valence-electron chi connectivity index (χ2n) is 4.63. The minimum absolute atomic E-state index is 0.00942. The van der Waals surface area contributed by atoms with Gasteiger partial charge in [0.25, 0.3) is 0 Å². The van der Waals surface area contributed by atoms with Crippen LogP contribution in [-0.4, -0.2) is 13.9 Å². The first-order valence-corrected chi connectivity index (χ1v) is 6.63. The van der Waals surface area contributed by atoms with Gasteiger partial charge in [-0.25, -0.2) is 13.9 Å². The number of halogens is 1. The van der Waals surface area contributed by atoms with E-state index in [1.54, 1.807) is 12.3 Å². The maximum Gasteiger partial charge on any atom is 0.129 e. The molecule has 16 heavy (non-hydrogen) atoms. The first-order valence-electron chi connectivity index (χ1n) is 5.10. The highest BCUT2D eigenvalue weighted by Crippen LogP contribution is 2.17. The highest BCUT2D eigenvalue weighted by Gasteiger charge is 2.21. The van der Waals surface area contributed by atoms with Crippen molar-refractivity contribution in [3.05, 3.63) is 29.0 Å². The maximum absolute atomic E-state index is 11.9. The van der Waals surface area contributed by atoms with E-state index in [9.17, 15) is 4.21 Å².